The first-order chi connectivity index (χ1) is 12.8. The maximum atomic E-state index is 12.4. The van der Waals surface area contributed by atoms with Gasteiger partial charge < -0.3 is 9.64 Å². The minimum absolute atomic E-state index is 0.246. The van der Waals surface area contributed by atoms with Crippen LogP contribution in [0.25, 0.3) is 11.3 Å². The molecule has 0 bridgehead atoms. The zero-order valence-electron chi connectivity index (χ0n) is 16.4. The molecule has 0 atom stereocenters. The van der Waals surface area contributed by atoms with Crippen LogP contribution in [-0.4, -0.2) is 40.2 Å². The van der Waals surface area contributed by atoms with Crippen molar-refractivity contribution in [3.8, 4) is 11.3 Å². The highest BCUT2D eigenvalue weighted by atomic mass is 16.6. The summed E-state index contributed by atoms with van der Waals surface area (Å²) in [6, 6.07) is 11.8. The van der Waals surface area contributed by atoms with Crippen LogP contribution >= 0.6 is 0 Å². The number of hydrogen-bond acceptors (Lipinski definition) is 3. The van der Waals surface area contributed by atoms with E-state index in [-0.39, 0.29) is 12.0 Å². The van der Waals surface area contributed by atoms with Gasteiger partial charge in [-0.3, -0.25) is 9.36 Å². The number of benzene rings is 1. The summed E-state index contributed by atoms with van der Waals surface area (Å²) < 4.78 is 6.99. The Labute approximate surface area is 160 Å². The second-order valence-corrected chi connectivity index (χ2v) is 8.03. The number of carbonyl (C=O) groups is 2. The van der Waals surface area contributed by atoms with Gasteiger partial charge in [-0.25, -0.2) is 4.79 Å². The topological polar surface area (TPSA) is 51.5 Å². The van der Waals surface area contributed by atoms with Crippen molar-refractivity contribution in [2.24, 2.45) is 0 Å². The van der Waals surface area contributed by atoms with Crippen molar-refractivity contribution in [2.45, 2.75) is 52.1 Å². The standard InChI is InChI=1S/C22H28N2O3/c1-22(2,3)27-21(26)24-16-6-7-19(24)18-11-8-17(9-12-18)10-13-20(25)23-14-4-5-15-23/h6-9,11-12,16H,4-5,10,13-15H2,1-3H3. The van der Waals surface area contributed by atoms with Gasteiger partial charge in [-0.05, 0) is 63.3 Å². The van der Waals surface area contributed by atoms with E-state index in [9.17, 15) is 9.59 Å². The molecule has 0 spiro atoms. The van der Waals surface area contributed by atoms with E-state index < -0.39 is 5.60 Å². The van der Waals surface area contributed by atoms with Crippen LogP contribution < -0.4 is 0 Å². The molecule has 144 valence electrons. The molecule has 1 aromatic carbocycles. The van der Waals surface area contributed by atoms with E-state index in [1.807, 2.05) is 62.1 Å². The number of hydrogen-bond donors (Lipinski definition) is 0. The number of likely N-dealkylation sites (tertiary alicyclic amines) is 1. The molecule has 1 aliphatic heterocycles. The van der Waals surface area contributed by atoms with Gasteiger partial charge in [0.2, 0.25) is 5.91 Å². The van der Waals surface area contributed by atoms with Crippen molar-refractivity contribution in [3.63, 3.8) is 0 Å². The average molecular weight is 368 g/mol. The molecule has 1 aromatic heterocycles. The fraction of sp³-hybridized carbons (Fsp3) is 0.455. The maximum absolute atomic E-state index is 12.4. The SMILES string of the molecule is CC(C)(C)OC(=O)n1cccc1-c1ccc(CCC(=O)N2CCCC2)cc1. The summed E-state index contributed by atoms with van der Waals surface area (Å²) in [6.45, 7) is 7.36. The quantitative estimate of drug-likeness (QED) is 0.799. The lowest BCUT2D eigenvalue weighted by atomic mass is 10.1. The highest BCUT2D eigenvalue weighted by molar-refractivity contribution is 5.79. The van der Waals surface area contributed by atoms with Crippen molar-refractivity contribution in [1.29, 1.82) is 0 Å². The van der Waals surface area contributed by atoms with Crippen LogP contribution in [0.1, 0.15) is 45.6 Å². The van der Waals surface area contributed by atoms with E-state index in [2.05, 4.69) is 0 Å². The van der Waals surface area contributed by atoms with Crippen LogP contribution in [0.5, 0.6) is 0 Å². The summed E-state index contributed by atoms with van der Waals surface area (Å²) in [6.07, 6.45) is 4.86. The lowest BCUT2D eigenvalue weighted by molar-refractivity contribution is -0.130. The molecule has 5 nitrogen and oxygen atoms in total. The fourth-order valence-electron chi connectivity index (χ4n) is 3.30. The highest BCUT2D eigenvalue weighted by Gasteiger charge is 2.20. The summed E-state index contributed by atoms with van der Waals surface area (Å²) in [5.41, 5.74) is 2.33. The van der Waals surface area contributed by atoms with Gasteiger partial charge in [-0.15, -0.1) is 0 Å². The smallest absolute Gasteiger partial charge is 0.418 e. The molecular formula is C22H28N2O3. The molecule has 1 amide bonds. The normalized spacial score (nSPS) is 14.4. The first kappa shape index (κ1) is 19.2. The number of aromatic nitrogens is 1. The summed E-state index contributed by atoms with van der Waals surface area (Å²) in [7, 11) is 0. The zero-order chi connectivity index (χ0) is 19.4. The molecular weight excluding hydrogens is 340 g/mol. The Kier molecular flexibility index (Phi) is 5.68. The molecule has 0 aliphatic carbocycles. The van der Waals surface area contributed by atoms with E-state index in [4.69, 9.17) is 4.74 Å². The van der Waals surface area contributed by atoms with Crippen molar-refractivity contribution in [1.82, 2.24) is 9.47 Å². The van der Waals surface area contributed by atoms with Crippen LogP contribution in [0.2, 0.25) is 0 Å². The molecule has 27 heavy (non-hydrogen) atoms. The molecule has 1 fully saturated rings. The Bertz CT molecular complexity index is 794. The second-order valence-electron chi connectivity index (χ2n) is 8.03. The van der Waals surface area contributed by atoms with Crippen molar-refractivity contribution in [3.05, 3.63) is 48.2 Å². The van der Waals surface area contributed by atoms with Gasteiger partial charge in [0.1, 0.15) is 5.60 Å². The molecule has 2 heterocycles. The van der Waals surface area contributed by atoms with Gasteiger partial charge in [0, 0.05) is 25.7 Å². The first-order valence-corrected chi connectivity index (χ1v) is 9.61. The van der Waals surface area contributed by atoms with Crippen LogP contribution in [-0.2, 0) is 16.0 Å². The molecule has 0 N–H and O–H groups in total. The lowest BCUT2D eigenvalue weighted by Gasteiger charge is -2.20. The zero-order valence-corrected chi connectivity index (χ0v) is 16.4. The van der Waals surface area contributed by atoms with E-state index in [1.165, 1.54) is 4.57 Å². The van der Waals surface area contributed by atoms with E-state index in [1.54, 1.807) is 6.20 Å². The summed E-state index contributed by atoms with van der Waals surface area (Å²) in [4.78, 5) is 26.5. The van der Waals surface area contributed by atoms with Gasteiger partial charge in [-0.1, -0.05) is 24.3 Å². The molecule has 2 aromatic rings. The molecule has 1 aliphatic rings. The summed E-state index contributed by atoms with van der Waals surface area (Å²) >= 11 is 0. The second kappa shape index (κ2) is 7.99. The number of amides is 1. The third kappa shape index (κ3) is 5.00. The Morgan fingerprint density at radius 1 is 1.04 bits per heavy atom. The van der Waals surface area contributed by atoms with Crippen LogP contribution in [0.3, 0.4) is 0 Å². The molecule has 0 radical (unpaired) electrons. The summed E-state index contributed by atoms with van der Waals surface area (Å²) in [5.74, 6) is 0.246. The van der Waals surface area contributed by atoms with E-state index in [0.717, 1.165) is 49.2 Å². The molecule has 0 saturated carbocycles. The minimum Gasteiger partial charge on any atom is -0.443 e. The molecule has 1 saturated heterocycles. The number of rotatable bonds is 4. The minimum atomic E-state index is -0.537. The molecule has 3 rings (SSSR count). The maximum Gasteiger partial charge on any atom is 0.418 e. The highest BCUT2D eigenvalue weighted by Crippen LogP contribution is 2.23. The van der Waals surface area contributed by atoms with E-state index >= 15 is 0 Å². The van der Waals surface area contributed by atoms with E-state index in [0.29, 0.717) is 6.42 Å². The predicted molar refractivity (Wildman–Crippen MR) is 106 cm³/mol. The van der Waals surface area contributed by atoms with Crippen LogP contribution in [0.4, 0.5) is 4.79 Å². The lowest BCUT2D eigenvalue weighted by Crippen LogP contribution is -2.27. The van der Waals surface area contributed by atoms with Gasteiger partial charge in [0.25, 0.3) is 0 Å². The number of nitrogens with zero attached hydrogens (tertiary/aromatic N) is 2. The third-order valence-corrected chi connectivity index (χ3v) is 4.67. The Morgan fingerprint density at radius 2 is 1.70 bits per heavy atom. The van der Waals surface area contributed by atoms with Gasteiger partial charge in [-0.2, -0.15) is 0 Å². The van der Waals surface area contributed by atoms with Crippen molar-refractivity contribution < 1.29 is 14.3 Å². The van der Waals surface area contributed by atoms with Crippen molar-refractivity contribution in [2.75, 3.05) is 13.1 Å². The first-order valence-electron chi connectivity index (χ1n) is 9.61. The number of aryl methyl sites for hydroxylation is 1. The fourth-order valence-corrected chi connectivity index (χ4v) is 3.30. The number of ether oxygens (including phenoxy) is 1. The Morgan fingerprint density at radius 3 is 2.33 bits per heavy atom. The van der Waals surface area contributed by atoms with Gasteiger partial charge >= 0.3 is 6.09 Å². The molecule has 0 unspecified atom stereocenters. The Balaban J connectivity index is 1.65. The van der Waals surface area contributed by atoms with Gasteiger partial charge in [0.05, 0.1) is 5.69 Å². The summed E-state index contributed by atoms with van der Waals surface area (Å²) in [5, 5.41) is 0. The van der Waals surface area contributed by atoms with Crippen molar-refractivity contribution >= 4 is 12.0 Å². The monoisotopic (exact) mass is 368 g/mol. The van der Waals surface area contributed by atoms with Crippen LogP contribution in [0, 0.1) is 0 Å². The van der Waals surface area contributed by atoms with Gasteiger partial charge in [0.15, 0.2) is 0 Å². The Hall–Kier alpha value is -2.56. The average Bonchev–Trinajstić information content (AvgIpc) is 3.30. The largest absolute Gasteiger partial charge is 0.443 e. The number of carbonyl (C=O) groups excluding carboxylic acids is 2. The predicted octanol–water partition coefficient (Wildman–Crippen LogP) is 4.49. The van der Waals surface area contributed by atoms with Crippen LogP contribution in [0.15, 0.2) is 42.6 Å². The third-order valence-electron chi connectivity index (χ3n) is 4.67. The molecule has 5 heteroatoms.